The Morgan fingerprint density at radius 3 is 2.76 bits per heavy atom. The van der Waals surface area contributed by atoms with E-state index in [1.807, 2.05) is 13.0 Å². The van der Waals surface area contributed by atoms with Gasteiger partial charge >= 0.3 is 0 Å². The highest BCUT2D eigenvalue weighted by molar-refractivity contribution is 6.31. The third-order valence-electron chi connectivity index (χ3n) is 4.46. The van der Waals surface area contributed by atoms with E-state index in [-0.39, 0.29) is 18.0 Å². The molecule has 0 unspecified atom stereocenters. The molecule has 0 saturated heterocycles. The summed E-state index contributed by atoms with van der Waals surface area (Å²) in [6, 6.07) is 12.3. The van der Waals surface area contributed by atoms with Gasteiger partial charge in [-0.05, 0) is 42.8 Å². The van der Waals surface area contributed by atoms with Gasteiger partial charge in [0.2, 0.25) is 5.91 Å². The van der Waals surface area contributed by atoms with Crippen molar-refractivity contribution < 1.29 is 4.79 Å². The number of benzene rings is 2. The van der Waals surface area contributed by atoms with Crippen LogP contribution in [0.3, 0.4) is 0 Å². The molecule has 0 spiro atoms. The van der Waals surface area contributed by atoms with E-state index < -0.39 is 0 Å². The standard InChI is InChI=1S/C20H15Cl2N5O2/c1-12-16(22)6-3-7-17(12)25-18(28)10-26-11-23-19-15(20(26)29)9-24-27(19)14-5-2-4-13(21)8-14/h2-9,11H,10H2,1H3,(H,25,28). The molecule has 7 nitrogen and oxygen atoms in total. The average molecular weight is 428 g/mol. The smallest absolute Gasteiger partial charge is 0.264 e. The van der Waals surface area contributed by atoms with Gasteiger partial charge in [0.25, 0.3) is 5.56 Å². The van der Waals surface area contributed by atoms with Crippen LogP contribution in [0, 0.1) is 6.92 Å². The van der Waals surface area contributed by atoms with Crippen molar-refractivity contribution in [3.8, 4) is 5.69 Å². The van der Waals surface area contributed by atoms with Gasteiger partial charge in [0.1, 0.15) is 18.3 Å². The lowest BCUT2D eigenvalue weighted by Gasteiger charge is -2.10. The number of nitrogens with one attached hydrogen (secondary N) is 1. The zero-order chi connectivity index (χ0) is 20.5. The number of aromatic nitrogens is 4. The first kappa shape index (κ1) is 19.2. The first-order valence-electron chi connectivity index (χ1n) is 8.68. The van der Waals surface area contributed by atoms with Crippen molar-refractivity contribution in [2.75, 3.05) is 5.32 Å². The summed E-state index contributed by atoms with van der Waals surface area (Å²) in [5, 5.41) is 8.42. The highest BCUT2D eigenvalue weighted by Crippen LogP contribution is 2.23. The number of carbonyl (C=O) groups excluding carboxylic acids is 1. The molecular weight excluding hydrogens is 413 g/mol. The predicted molar refractivity (Wildman–Crippen MR) is 113 cm³/mol. The molecule has 0 aliphatic rings. The van der Waals surface area contributed by atoms with E-state index in [0.717, 1.165) is 5.56 Å². The Labute approximate surface area is 175 Å². The minimum Gasteiger partial charge on any atom is -0.324 e. The van der Waals surface area contributed by atoms with Gasteiger partial charge < -0.3 is 5.32 Å². The molecule has 29 heavy (non-hydrogen) atoms. The van der Waals surface area contributed by atoms with E-state index in [4.69, 9.17) is 23.2 Å². The maximum absolute atomic E-state index is 12.8. The Balaban J connectivity index is 1.62. The second kappa shape index (κ2) is 7.69. The van der Waals surface area contributed by atoms with Gasteiger partial charge in [-0.2, -0.15) is 5.10 Å². The summed E-state index contributed by atoms with van der Waals surface area (Å²) in [6.45, 7) is 1.62. The molecule has 0 radical (unpaired) electrons. The van der Waals surface area contributed by atoms with E-state index in [1.165, 1.54) is 21.8 Å². The molecule has 2 heterocycles. The first-order chi connectivity index (χ1) is 13.9. The van der Waals surface area contributed by atoms with Crippen molar-refractivity contribution in [2.24, 2.45) is 0 Å². The molecule has 2 aromatic heterocycles. The number of amides is 1. The second-order valence-electron chi connectivity index (χ2n) is 6.41. The average Bonchev–Trinajstić information content (AvgIpc) is 3.12. The summed E-state index contributed by atoms with van der Waals surface area (Å²) in [5.41, 5.74) is 2.07. The number of carbonyl (C=O) groups is 1. The van der Waals surface area contributed by atoms with Gasteiger partial charge in [-0.3, -0.25) is 14.2 Å². The van der Waals surface area contributed by atoms with Crippen LogP contribution in [0.1, 0.15) is 5.56 Å². The molecule has 4 aromatic rings. The molecule has 0 aliphatic carbocycles. The molecule has 1 N–H and O–H groups in total. The molecule has 0 bridgehead atoms. The van der Waals surface area contributed by atoms with E-state index >= 15 is 0 Å². The summed E-state index contributed by atoms with van der Waals surface area (Å²) in [5.74, 6) is -0.360. The van der Waals surface area contributed by atoms with Crippen LogP contribution in [-0.4, -0.2) is 25.2 Å². The van der Waals surface area contributed by atoms with Crippen LogP contribution in [0.4, 0.5) is 5.69 Å². The molecule has 2 aromatic carbocycles. The van der Waals surface area contributed by atoms with Crippen molar-refractivity contribution in [3.05, 3.63) is 81.0 Å². The van der Waals surface area contributed by atoms with Crippen molar-refractivity contribution in [2.45, 2.75) is 13.5 Å². The molecular formula is C20H15Cl2N5O2. The molecule has 0 atom stereocenters. The topological polar surface area (TPSA) is 81.8 Å². The predicted octanol–water partition coefficient (Wildman–Crippen LogP) is 3.84. The summed E-state index contributed by atoms with van der Waals surface area (Å²) in [4.78, 5) is 29.5. The van der Waals surface area contributed by atoms with Gasteiger partial charge in [0, 0.05) is 15.7 Å². The fourth-order valence-electron chi connectivity index (χ4n) is 2.95. The van der Waals surface area contributed by atoms with Crippen LogP contribution in [0.15, 0.2) is 59.8 Å². The number of nitrogens with zero attached hydrogens (tertiary/aromatic N) is 4. The van der Waals surface area contributed by atoms with Crippen molar-refractivity contribution >= 4 is 45.8 Å². The highest BCUT2D eigenvalue weighted by Gasteiger charge is 2.14. The van der Waals surface area contributed by atoms with Crippen LogP contribution in [0.2, 0.25) is 10.0 Å². The number of fused-ring (bicyclic) bond motifs is 1. The normalized spacial score (nSPS) is 11.0. The van der Waals surface area contributed by atoms with Crippen molar-refractivity contribution in [1.29, 1.82) is 0 Å². The zero-order valence-electron chi connectivity index (χ0n) is 15.3. The van der Waals surface area contributed by atoms with Crippen LogP contribution in [0.25, 0.3) is 16.7 Å². The summed E-state index contributed by atoms with van der Waals surface area (Å²) >= 11 is 12.1. The van der Waals surface area contributed by atoms with Gasteiger partial charge in [-0.25, -0.2) is 9.67 Å². The summed E-state index contributed by atoms with van der Waals surface area (Å²) < 4.78 is 2.77. The summed E-state index contributed by atoms with van der Waals surface area (Å²) in [7, 11) is 0. The molecule has 4 rings (SSSR count). The number of rotatable bonds is 4. The highest BCUT2D eigenvalue weighted by atomic mass is 35.5. The van der Waals surface area contributed by atoms with Crippen molar-refractivity contribution in [3.63, 3.8) is 0 Å². The first-order valence-corrected chi connectivity index (χ1v) is 9.44. The van der Waals surface area contributed by atoms with Crippen LogP contribution in [0.5, 0.6) is 0 Å². The van der Waals surface area contributed by atoms with E-state index in [2.05, 4.69) is 15.4 Å². The lowest BCUT2D eigenvalue weighted by Crippen LogP contribution is -2.28. The number of hydrogen-bond donors (Lipinski definition) is 1. The van der Waals surface area contributed by atoms with E-state index in [9.17, 15) is 9.59 Å². The minimum absolute atomic E-state index is 0.184. The van der Waals surface area contributed by atoms with Gasteiger partial charge in [0.05, 0.1) is 11.9 Å². The molecule has 0 fully saturated rings. The maximum atomic E-state index is 12.8. The lowest BCUT2D eigenvalue weighted by molar-refractivity contribution is -0.116. The fraction of sp³-hybridized carbons (Fsp3) is 0.100. The van der Waals surface area contributed by atoms with Crippen LogP contribution < -0.4 is 10.9 Å². The van der Waals surface area contributed by atoms with Gasteiger partial charge in [-0.1, -0.05) is 35.3 Å². The third kappa shape index (κ3) is 3.74. The Morgan fingerprint density at radius 2 is 1.97 bits per heavy atom. The number of hydrogen-bond acceptors (Lipinski definition) is 4. The fourth-order valence-corrected chi connectivity index (χ4v) is 3.30. The monoisotopic (exact) mass is 427 g/mol. The van der Waals surface area contributed by atoms with Gasteiger partial charge in [-0.15, -0.1) is 0 Å². The van der Waals surface area contributed by atoms with Crippen LogP contribution in [-0.2, 0) is 11.3 Å². The number of halogens is 2. The maximum Gasteiger partial charge on any atom is 0.264 e. The van der Waals surface area contributed by atoms with E-state index in [0.29, 0.717) is 32.5 Å². The third-order valence-corrected chi connectivity index (χ3v) is 5.11. The Bertz CT molecular complexity index is 1300. The molecule has 0 saturated carbocycles. The quantitative estimate of drug-likeness (QED) is 0.536. The number of anilines is 1. The van der Waals surface area contributed by atoms with E-state index in [1.54, 1.807) is 36.4 Å². The van der Waals surface area contributed by atoms with Crippen LogP contribution >= 0.6 is 23.2 Å². The Hall–Kier alpha value is -3.16. The molecule has 0 aliphatic heterocycles. The molecule has 146 valence electrons. The second-order valence-corrected chi connectivity index (χ2v) is 7.26. The Kier molecular flexibility index (Phi) is 5.08. The zero-order valence-corrected chi connectivity index (χ0v) is 16.8. The van der Waals surface area contributed by atoms with Crippen molar-refractivity contribution in [1.82, 2.24) is 19.3 Å². The molecule has 1 amide bonds. The van der Waals surface area contributed by atoms with Gasteiger partial charge in [0.15, 0.2) is 5.65 Å². The largest absolute Gasteiger partial charge is 0.324 e. The molecule has 9 heteroatoms. The Morgan fingerprint density at radius 1 is 1.17 bits per heavy atom. The minimum atomic E-state index is -0.360. The SMILES string of the molecule is Cc1c(Cl)cccc1NC(=O)Cn1cnc2c(cnn2-c2cccc(Cl)c2)c1=O. The summed E-state index contributed by atoms with van der Waals surface area (Å²) in [6.07, 6.45) is 2.76. The lowest BCUT2D eigenvalue weighted by atomic mass is 10.2.